The number of ether oxygens (including phenoxy) is 2. The number of likely N-dealkylation sites (tertiary alicyclic amines) is 1. The standard InChI is InChI=1S/C23H34N4O3/c1-4-30-22-16(2)5-10-21-20(22)15-24-27(21)18-11-13-26(14-12-18)23(28)25-17-6-8-19(29-3)9-7-17/h5,10,15,17-19H,4,6-9,11-14H2,1-3H3,(H,25,28). The van der Waals surface area contributed by atoms with Gasteiger partial charge in [0, 0.05) is 26.2 Å². The third kappa shape index (κ3) is 4.26. The Labute approximate surface area is 178 Å². The molecule has 164 valence electrons. The molecule has 0 spiro atoms. The molecule has 1 aliphatic heterocycles. The number of aryl methyl sites for hydroxylation is 1. The fourth-order valence-electron chi connectivity index (χ4n) is 4.85. The van der Waals surface area contributed by atoms with Crippen molar-refractivity contribution >= 4 is 16.9 Å². The minimum atomic E-state index is 0.0777. The Morgan fingerprint density at radius 2 is 1.90 bits per heavy atom. The van der Waals surface area contributed by atoms with Gasteiger partial charge in [-0.3, -0.25) is 4.68 Å². The van der Waals surface area contributed by atoms with Crippen molar-refractivity contribution in [2.45, 2.75) is 70.6 Å². The maximum Gasteiger partial charge on any atom is 0.317 e. The van der Waals surface area contributed by atoms with E-state index in [0.29, 0.717) is 18.8 Å². The number of carbonyl (C=O) groups is 1. The summed E-state index contributed by atoms with van der Waals surface area (Å²) in [6.45, 7) is 6.24. The highest BCUT2D eigenvalue weighted by atomic mass is 16.5. The summed E-state index contributed by atoms with van der Waals surface area (Å²) >= 11 is 0. The predicted molar refractivity (Wildman–Crippen MR) is 117 cm³/mol. The first-order valence-corrected chi connectivity index (χ1v) is 11.3. The van der Waals surface area contributed by atoms with E-state index >= 15 is 0 Å². The van der Waals surface area contributed by atoms with E-state index in [1.54, 1.807) is 7.11 Å². The van der Waals surface area contributed by atoms with Crippen LogP contribution in [0.4, 0.5) is 4.79 Å². The average molecular weight is 415 g/mol. The monoisotopic (exact) mass is 414 g/mol. The maximum absolute atomic E-state index is 12.7. The quantitative estimate of drug-likeness (QED) is 0.801. The Bertz CT molecular complexity index is 865. The van der Waals surface area contributed by atoms with Gasteiger partial charge in [0.2, 0.25) is 0 Å². The summed E-state index contributed by atoms with van der Waals surface area (Å²) < 4.78 is 13.4. The van der Waals surface area contributed by atoms with E-state index in [4.69, 9.17) is 9.47 Å². The first-order valence-electron chi connectivity index (χ1n) is 11.3. The molecule has 1 aromatic heterocycles. The summed E-state index contributed by atoms with van der Waals surface area (Å²) in [6.07, 6.45) is 8.16. The second-order valence-electron chi connectivity index (χ2n) is 8.54. The van der Waals surface area contributed by atoms with E-state index in [-0.39, 0.29) is 12.1 Å². The van der Waals surface area contributed by atoms with Crippen LogP contribution in [0, 0.1) is 6.92 Å². The van der Waals surface area contributed by atoms with Crippen LogP contribution in [-0.4, -0.2) is 59.7 Å². The van der Waals surface area contributed by atoms with Crippen molar-refractivity contribution in [1.82, 2.24) is 20.0 Å². The molecule has 2 amide bonds. The molecule has 2 fully saturated rings. The summed E-state index contributed by atoms with van der Waals surface area (Å²) in [4.78, 5) is 14.7. The fraction of sp³-hybridized carbons (Fsp3) is 0.652. The number of hydrogen-bond acceptors (Lipinski definition) is 4. The number of amides is 2. The molecule has 2 aliphatic rings. The lowest BCUT2D eigenvalue weighted by Gasteiger charge is -2.35. The van der Waals surface area contributed by atoms with E-state index in [1.807, 2.05) is 18.0 Å². The van der Waals surface area contributed by atoms with Crippen molar-refractivity contribution in [3.05, 3.63) is 23.9 Å². The van der Waals surface area contributed by atoms with Crippen molar-refractivity contribution in [1.29, 1.82) is 0 Å². The van der Waals surface area contributed by atoms with Crippen LogP contribution in [0.5, 0.6) is 5.75 Å². The zero-order valence-corrected chi connectivity index (χ0v) is 18.4. The van der Waals surface area contributed by atoms with E-state index in [0.717, 1.165) is 73.8 Å². The molecule has 30 heavy (non-hydrogen) atoms. The molecule has 1 aliphatic carbocycles. The van der Waals surface area contributed by atoms with Crippen LogP contribution in [0.1, 0.15) is 57.1 Å². The first-order chi connectivity index (χ1) is 14.6. The number of benzene rings is 1. The zero-order chi connectivity index (χ0) is 21.1. The van der Waals surface area contributed by atoms with Crippen molar-refractivity contribution in [3.8, 4) is 5.75 Å². The molecule has 1 saturated heterocycles. The SMILES string of the molecule is CCOc1c(C)ccc2c1cnn2C1CCN(C(=O)NC2CCC(OC)CC2)CC1. The van der Waals surface area contributed by atoms with Crippen molar-refractivity contribution < 1.29 is 14.3 Å². The molecule has 0 atom stereocenters. The Hall–Kier alpha value is -2.28. The molecule has 1 aromatic carbocycles. The summed E-state index contributed by atoms with van der Waals surface area (Å²) in [7, 11) is 1.77. The van der Waals surface area contributed by atoms with Crippen LogP contribution >= 0.6 is 0 Å². The molecule has 7 heteroatoms. The largest absolute Gasteiger partial charge is 0.493 e. The summed E-state index contributed by atoms with van der Waals surface area (Å²) in [6, 6.07) is 4.90. The molecule has 0 radical (unpaired) electrons. The van der Waals surface area contributed by atoms with E-state index in [9.17, 15) is 4.79 Å². The molecule has 1 saturated carbocycles. The van der Waals surface area contributed by atoms with Crippen LogP contribution in [0.2, 0.25) is 0 Å². The Balaban J connectivity index is 1.36. The number of piperidine rings is 1. The van der Waals surface area contributed by atoms with Gasteiger partial charge in [-0.05, 0) is 64.0 Å². The van der Waals surface area contributed by atoms with Crippen LogP contribution in [0.3, 0.4) is 0 Å². The van der Waals surface area contributed by atoms with Gasteiger partial charge in [0.15, 0.2) is 0 Å². The minimum absolute atomic E-state index is 0.0777. The number of carbonyl (C=O) groups excluding carboxylic acids is 1. The number of nitrogens with one attached hydrogen (secondary N) is 1. The number of hydrogen-bond donors (Lipinski definition) is 1. The number of urea groups is 1. The lowest BCUT2D eigenvalue weighted by molar-refractivity contribution is 0.0624. The van der Waals surface area contributed by atoms with E-state index < -0.39 is 0 Å². The first kappa shape index (κ1) is 21.0. The number of fused-ring (bicyclic) bond motifs is 1. The summed E-state index contributed by atoms with van der Waals surface area (Å²) in [5, 5.41) is 8.99. The van der Waals surface area contributed by atoms with Crippen molar-refractivity contribution in [2.24, 2.45) is 0 Å². The number of nitrogens with zero attached hydrogens (tertiary/aromatic N) is 3. The normalized spacial score (nSPS) is 23.0. The molecule has 0 unspecified atom stereocenters. The second kappa shape index (κ2) is 9.25. The lowest BCUT2D eigenvalue weighted by Crippen LogP contribution is -2.49. The summed E-state index contributed by atoms with van der Waals surface area (Å²) in [5.74, 6) is 0.932. The maximum atomic E-state index is 12.7. The molecule has 2 aromatic rings. The number of methoxy groups -OCH3 is 1. The van der Waals surface area contributed by atoms with Gasteiger partial charge in [-0.25, -0.2) is 4.79 Å². The molecule has 7 nitrogen and oxygen atoms in total. The fourth-order valence-corrected chi connectivity index (χ4v) is 4.85. The van der Waals surface area contributed by atoms with Gasteiger partial charge in [-0.15, -0.1) is 0 Å². The Morgan fingerprint density at radius 3 is 2.57 bits per heavy atom. The average Bonchev–Trinajstić information content (AvgIpc) is 3.20. The van der Waals surface area contributed by atoms with Gasteiger partial charge in [0.25, 0.3) is 0 Å². The van der Waals surface area contributed by atoms with Crippen molar-refractivity contribution in [2.75, 3.05) is 26.8 Å². The Morgan fingerprint density at radius 1 is 1.17 bits per heavy atom. The molecule has 4 rings (SSSR count). The highest BCUT2D eigenvalue weighted by Crippen LogP contribution is 2.33. The van der Waals surface area contributed by atoms with Gasteiger partial charge >= 0.3 is 6.03 Å². The van der Waals surface area contributed by atoms with Gasteiger partial charge < -0.3 is 19.7 Å². The third-order valence-corrected chi connectivity index (χ3v) is 6.65. The van der Waals surface area contributed by atoms with Crippen LogP contribution in [0.15, 0.2) is 18.3 Å². The molecule has 2 heterocycles. The Kier molecular flexibility index (Phi) is 6.46. The number of rotatable bonds is 5. The highest BCUT2D eigenvalue weighted by molar-refractivity contribution is 5.86. The van der Waals surface area contributed by atoms with Crippen LogP contribution < -0.4 is 10.1 Å². The predicted octanol–water partition coefficient (Wildman–Crippen LogP) is 4.05. The van der Waals surface area contributed by atoms with E-state index in [1.165, 1.54) is 0 Å². The summed E-state index contributed by atoms with van der Waals surface area (Å²) in [5.41, 5.74) is 2.25. The smallest absolute Gasteiger partial charge is 0.317 e. The second-order valence-corrected chi connectivity index (χ2v) is 8.54. The molecular weight excluding hydrogens is 380 g/mol. The molecular formula is C23H34N4O3. The van der Waals surface area contributed by atoms with Crippen molar-refractivity contribution in [3.63, 3.8) is 0 Å². The van der Waals surface area contributed by atoms with Gasteiger partial charge in [-0.1, -0.05) is 6.07 Å². The van der Waals surface area contributed by atoms with Crippen LogP contribution in [0.25, 0.3) is 10.9 Å². The third-order valence-electron chi connectivity index (χ3n) is 6.65. The molecule has 1 N–H and O–H groups in total. The van der Waals surface area contributed by atoms with E-state index in [2.05, 4.69) is 34.2 Å². The number of aromatic nitrogens is 2. The van der Waals surface area contributed by atoms with Gasteiger partial charge in [-0.2, -0.15) is 5.10 Å². The topological polar surface area (TPSA) is 68.6 Å². The van der Waals surface area contributed by atoms with Gasteiger partial charge in [0.1, 0.15) is 5.75 Å². The molecule has 0 bridgehead atoms. The highest BCUT2D eigenvalue weighted by Gasteiger charge is 2.28. The van der Waals surface area contributed by atoms with Gasteiger partial charge in [0.05, 0.1) is 35.9 Å². The lowest BCUT2D eigenvalue weighted by atomic mass is 9.93. The minimum Gasteiger partial charge on any atom is -0.493 e. The van der Waals surface area contributed by atoms with Crippen LogP contribution in [-0.2, 0) is 4.74 Å². The zero-order valence-electron chi connectivity index (χ0n) is 18.4.